The van der Waals surface area contributed by atoms with Crippen molar-refractivity contribution in [2.24, 2.45) is 5.92 Å². The lowest BCUT2D eigenvalue weighted by Gasteiger charge is -2.01. The van der Waals surface area contributed by atoms with Gasteiger partial charge in [0.15, 0.2) is 17.5 Å². The summed E-state index contributed by atoms with van der Waals surface area (Å²) in [5.74, 6) is -0.307. The number of nitrogens with zero attached hydrogens (tertiary/aromatic N) is 3. The molecule has 0 aromatic carbocycles. The first-order valence-corrected chi connectivity index (χ1v) is 9.94. The maximum Gasteiger partial charge on any atom is 0.401 e. The number of nitrogens with one attached hydrogen (secondary N) is 2. The summed E-state index contributed by atoms with van der Waals surface area (Å²) in [7, 11) is 1.26. The van der Waals surface area contributed by atoms with E-state index in [1.165, 1.54) is 13.2 Å². The summed E-state index contributed by atoms with van der Waals surface area (Å²) in [5.41, 5.74) is 6.75. The third kappa shape index (κ3) is 10.5. The average Bonchev–Trinajstić information content (AvgIpc) is 3.14. The van der Waals surface area contributed by atoms with Gasteiger partial charge in [0.2, 0.25) is 0 Å². The van der Waals surface area contributed by atoms with E-state index in [4.69, 9.17) is 17.3 Å². The molecule has 0 aliphatic heterocycles. The number of aromatic nitrogens is 4. The minimum atomic E-state index is -4.06. The Hall–Kier alpha value is -2.79. The van der Waals surface area contributed by atoms with Gasteiger partial charge >= 0.3 is 6.18 Å². The number of aromatic amines is 1. The summed E-state index contributed by atoms with van der Waals surface area (Å²) in [6.07, 6.45) is 1.11. The quantitative estimate of drug-likeness (QED) is 0.360. The number of rotatable bonds is 3. The molecule has 3 rings (SSSR count). The Morgan fingerprint density at radius 2 is 1.84 bits per heavy atom. The third-order valence-electron chi connectivity index (χ3n) is 3.16. The number of nitrogens with two attached hydrogens (primary N) is 1. The molecule has 0 bridgehead atoms. The van der Waals surface area contributed by atoms with Crippen LogP contribution in [0.3, 0.4) is 0 Å². The summed E-state index contributed by atoms with van der Waals surface area (Å²) < 4.78 is 46.0. The zero-order valence-corrected chi connectivity index (χ0v) is 19.1. The molecule has 12 heteroatoms. The number of carbonyl (C=O) groups excluding carboxylic acids is 1. The minimum absolute atomic E-state index is 0.190. The first-order valence-electron chi connectivity index (χ1n) is 9.56. The normalized spacial score (nSPS) is 10.3. The average molecular weight is 479 g/mol. The number of fused-ring (bicyclic) bond motifs is 1. The molecule has 3 aromatic heterocycles. The van der Waals surface area contributed by atoms with Gasteiger partial charge < -0.3 is 20.8 Å². The number of H-pyrrole nitrogens is 1. The molecule has 0 saturated heterocycles. The SMILES string of the molecule is CC.CC(C)C=O.CNCC(F)(F)F.Nc1nc(-c2c[nH]c3ncc(Cl)cc23)ncc1F. The number of pyridine rings is 1. The number of carbonyl (C=O) groups is 1. The van der Waals surface area contributed by atoms with Crippen LogP contribution in [-0.4, -0.2) is 46.0 Å². The van der Waals surface area contributed by atoms with Crippen molar-refractivity contribution in [2.45, 2.75) is 33.9 Å². The van der Waals surface area contributed by atoms with Crippen LogP contribution in [0.2, 0.25) is 5.02 Å². The maximum absolute atomic E-state index is 13.0. The Kier molecular flexibility index (Phi) is 13.1. The second kappa shape index (κ2) is 14.3. The first-order chi connectivity index (χ1) is 15.0. The van der Waals surface area contributed by atoms with Crippen molar-refractivity contribution < 1.29 is 22.4 Å². The topological polar surface area (TPSA) is 110 Å². The second-order valence-electron chi connectivity index (χ2n) is 6.20. The molecular formula is C20H27ClF4N6O. The molecule has 32 heavy (non-hydrogen) atoms. The lowest BCUT2D eigenvalue weighted by Crippen LogP contribution is -2.25. The van der Waals surface area contributed by atoms with Gasteiger partial charge in [-0.2, -0.15) is 13.2 Å². The molecule has 0 aliphatic carbocycles. The molecule has 0 unspecified atom stereocenters. The van der Waals surface area contributed by atoms with E-state index in [1.54, 1.807) is 12.3 Å². The van der Waals surface area contributed by atoms with E-state index in [0.717, 1.165) is 17.9 Å². The number of alkyl halides is 3. The largest absolute Gasteiger partial charge is 0.401 e. The van der Waals surface area contributed by atoms with Crippen LogP contribution in [-0.2, 0) is 4.79 Å². The number of hydrogen-bond donors (Lipinski definition) is 3. The highest BCUT2D eigenvalue weighted by Gasteiger charge is 2.24. The molecule has 0 aliphatic rings. The Labute approximate surface area is 188 Å². The standard InChI is InChI=1S/C11H7ClFN5.C4H8O.C3H6F3N.C2H6/c12-5-1-6-7(3-16-10(6)15-2-5)11-17-4-8(13)9(14)18-11;1-4(2)3-5;1-7-2-3(4,5)6;1-2/h1-4H,(H,15,16)(H2,14,17,18);3-4H,1-2H3;7H,2H2,1H3;1-2H3. The van der Waals surface area contributed by atoms with Crippen molar-refractivity contribution in [1.29, 1.82) is 0 Å². The van der Waals surface area contributed by atoms with Crippen LogP contribution in [0.25, 0.3) is 22.4 Å². The van der Waals surface area contributed by atoms with Crippen molar-refractivity contribution in [1.82, 2.24) is 25.3 Å². The highest BCUT2D eigenvalue weighted by atomic mass is 35.5. The molecule has 0 fully saturated rings. The smallest absolute Gasteiger partial charge is 0.381 e. The van der Waals surface area contributed by atoms with Gasteiger partial charge in [0, 0.05) is 29.3 Å². The van der Waals surface area contributed by atoms with Crippen molar-refractivity contribution >= 4 is 34.7 Å². The highest BCUT2D eigenvalue weighted by Crippen LogP contribution is 2.27. The van der Waals surface area contributed by atoms with Gasteiger partial charge in [-0.25, -0.2) is 19.3 Å². The number of anilines is 1. The van der Waals surface area contributed by atoms with E-state index in [-0.39, 0.29) is 11.7 Å². The van der Waals surface area contributed by atoms with Gasteiger partial charge in [0.25, 0.3) is 0 Å². The molecule has 0 saturated carbocycles. The van der Waals surface area contributed by atoms with Crippen LogP contribution in [0.1, 0.15) is 27.7 Å². The van der Waals surface area contributed by atoms with Crippen LogP contribution < -0.4 is 11.1 Å². The van der Waals surface area contributed by atoms with E-state index >= 15 is 0 Å². The molecule has 3 heterocycles. The predicted molar refractivity (Wildman–Crippen MR) is 119 cm³/mol. The molecule has 4 N–H and O–H groups in total. The maximum atomic E-state index is 13.0. The molecule has 7 nitrogen and oxygen atoms in total. The minimum Gasteiger partial charge on any atom is -0.381 e. The van der Waals surface area contributed by atoms with Gasteiger partial charge in [0.1, 0.15) is 11.9 Å². The number of halogens is 5. The number of nitrogen functional groups attached to an aromatic ring is 1. The summed E-state index contributed by atoms with van der Waals surface area (Å²) in [4.78, 5) is 24.4. The number of hydrogen-bond acceptors (Lipinski definition) is 6. The fourth-order valence-electron chi connectivity index (χ4n) is 1.87. The zero-order chi connectivity index (χ0) is 24.9. The van der Waals surface area contributed by atoms with E-state index in [2.05, 4.69) is 19.9 Å². The zero-order valence-electron chi connectivity index (χ0n) is 18.4. The molecule has 0 amide bonds. The Morgan fingerprint density at radius 3 is 2.28 bits per heavy atom. The van der Waals surface area contributed by atoms with Crippen molar-refractivity contribution in [3.05, 3.63) is 35.5 Å². The predicted octanol–water partition coefficient (Wildman–Crippen LogP) is 5.03. The van der Waals surface area contributed by atoms with Crippen molar-refractivity contribution in [2.75, 3.05) is 19.3 Å². The van der Waals surface area contributed by atoms with Crippen LogP contribution in [0.5, 0.6) is 0 Å². The summed E-state index contributed by atoms with van der Waals surface area (Å²) in [5, 5.41) is 3.24. The van der Waals surface area contributed by atoms with Gasteiger partial charge in [-0.3, -0.25) is 0 Å². The molecule has 0 atom stereocenters. The van der Waals surface area contributed by atoms with Crippen LogP contribution in [0.4, 0.5) is 23.4 Å². The lowest BCUT2D eigenvalue weighted by atomic mass is 10.2. The molecular weight excluding hydrogens is 452 g/mol. The van der Waals surface area contributed by atoms with Crippen molar-refractivity contribution in [3.63, 3.8) is 0 Å². The van der Waals surface area contributed by atoms with Crippen molar-refractivity contribution in [3.8, 4) is 11.4 Å². The van der Waals surface area contributed by atoms with Crippen LogP contribution >= 0.6 is 11.6 Å². The Morgan fingerprint density at radius 1 is 1.25 bits per heavy atom. The summed E-state index contributed by atoms with van der Waals surface area (Å²) in [6.45, 7) is 6.80. The third-order valence-corrected chi connectivity index (χ3v) is 3.37. The number of aldehydes is 1. The van der Waals surface area contributed by atoms with E-state index in [0.29, 0.717) is 22.1 Å². The van der Waals surface area contributed by atoms with E-state index in [1.807, 2.05) is 33.0 Å². The summed E-state index contributed by atoms with van der Waals surface area (Å²) >= 11 is 5.89. The van der Waals surface area contributed by atoms with Crippen LogP contribution in [0.15, 0.2) is 24.7 Å². The Balaban J connectivity index is 0.000000574. The van der Waals surface area contributed by atoms with E-state index in [9.17, 15) is 22.4 Å². The van der Waals surface area contributed by atoms with Gasteiger partial charge in [-0.15, -0.1) is 0 Å². The second-order valence-corrected chi connectivity index (χ2v) is 6.64. The molecule has 178 valence electrons. The monoisotopic (exact) mass is 478 g/mol. The fraction of sp³-hybridized carbons (Fsp3) is 0.400. The van der Waals surface area contributed by atoms with Gasteiger partial charge in [-0.05, 0) is 13.1 Å². The van der Waals surface area contributed by atoms with Gasteiger partial charge in [-0.1, -0.05) is 39.3 Å². The first kappa shape index (κ1) is 29.2. The fourth-order valence-corrected chi connectivity index (χ4v) is 2.03. The van der Waals surface area contributed by atoms with Crippen LogP contribution in [0, 0.1) is 11.7 Å². The molecule has 3 aromatic rings. The highest BCUT2D eigenvalue weighted by molar-refractivity contribution is 6.31. The summed E-state index contributed by atoms with van der Waals surface area (Å²) in [6, 6.07) is 1.73. The lowest BCUT2D eigenvalue weighted by molar-refractivity contribution is -0.123. The molecule has 0 radical (unpaired) electrons. The van der Waals surface area contributed by atoms with Gasteiger partial charge in [0.05, 0.1) is 17.8 Å². The molecule has 0 spiro atoms. The van der Waals surface area contributed by atoms with E-state index < -0.39 is 18.5 Å². The Bertz CT molecular complexity index is 963.